The lowest BCUT2D eigenvalue weighted by Gasteiger charge is -2.10. The van der Waals surface area contributed by atoms with Crippen LogP contribution in [0.25, 0.3) is 71.4 Å². The second-order valence-corrected chi connectivity index (χ2v) is 9.57. The Balaban J connectivity index is 1.55. The minimum absolute atomic E-state index is 0.887. The molecule has 0 bridgehead atoms. The Labute approximate surface area is 206 Å². The molecule has 36 heavy (non-hydrogen) atoms. The van der Waals surface area contributed by atoms with Crippen LogP contribution in [-0.2, 0) is 0 Å². The average molecular weight is 464 g/mol. The fraction of sp³-hybridized carbons (Fsp3) is 0.0645. The average Bonchev–Trinajstić information content (AvgIpc) is 3.47. The third-order valence-corrected chi connectivity index (χ3v) is 7.52. The molecule has 0 aliphatic heterocycles. The van der Waals surface area contributed by atoms with E-state index in [1.807, 2.05) is 24.5 Å². The maximum Gasteiger partial charge on any atom is 0.147 e. The first-order valence-corrected chi connectivity index (χ1v) is 12.1. The molecule has 3 aromatic carbocycles. The van der Waals surface area contributed by atoms with Gasteiger partial charge in [-0.1, -0.05) is 30.3 Å². The zero-order valence-electron chi connectivity index (χ0n) is 19.9. The third-order valence-electron chi connectivity index (χ3n) is 7.52. The van der Waals surface area contributed by atoms with Crippen LogP contribution in [0.5, 0.6) is 0 Å². The van der Waals surface area contributed by atoms with Crippen molar-refractivity contribution in [1.82, 2.24) is 24.3 Å². The number of imidazole rings is 1. The van der Waals surface area contributed by atoms with Crippen molar-refractivity contribution in [2.75, 3.05) is 0 Å². The van der Waals surface area contributed by atoms with E-state index in [0.29, 0.717) is 0 Å². The summed E-state index contributed by atoms with van der Waals surface area (Å²) in [5.74, 6) is 0. The largest absolute Gasteiger partial charge is 0.354 e. The molecule has 0 spiro atoms. The van der Waals surface area contributed by atoms with Crippen LogP contribution in [0.1, 0.15) is 11.1 Å². The quantitative estimate of drug-likeness (QED) is 0.256. The van der Waals surface area contributed by atoms with Gasteiger partial charge >= 0.3 is 0 Å². The number of aromatic amines is 1. The van der Waals surface area contributed by atoms with E-state index in [9.17, 15) is 0 Å². The fourth-order valence-corrected chi connectivity index (χ4v) is 5.85. The monoisotopic (exact) mass is 463 g/mol. The lowest BCUT2D eigenvalue weighted by Crippen LogP contribution is -1.94. The zero-order valence-corrected chi connectivity index (χ0v) is 19.9. The van der Waals surface area contributed by atoms with Gasteiger partial charge in [0, 0.05) is 44.8 Å². The van der Waals surface area contributed by atoms with E-state index in [1.54, 1.807) is 6.20 Å². The van der Waals surface area contributed by atoms with Crippen LogP contribution in [0, 0.1) is 13.8 Å². The summed E-state index contributed by atoms with van der Waals surface area (Å²) < 4.78 is 2.13. The highest BCUT2D eigenvalue weighted by atomic mass is 15.1. The van der Waals surface area contributed by atoms with Gasteiger partial charge < -0.3 is 4.98 Å². The van der Waals surface area contributed by atoms with Crippen molar-refractivity contribution in [2.45, 2.75) is 13.8 Å². The predicted octanol–water partition coefficient (Wildman–Crippen LogP) is 7.50. The normalized spacial score (nSPS) is 12.2. The molecule has 5 heteroatoms. The Hall–Kier alpha value is -4.77. The number of nitrogens with zero attached hydrogens (tertiary/aromatic N) is 4. The number of benzene rings is 3. The third kappa shape index (κ3) is 2.46. The lowest BCUT2D eigenvalue weighted by atomic mass is 9.95. The van der Waals surface area contributed by atoms with Crippen LogP contribution in [0.4, 0.5) is 0 Å². The van der Waals surface area contributed by atoms with Gasteiger partial charge in [-0.2, -0.15) is 0 Å². The fourth-order valence-electron chi connectivity index (χ4n) is 5.85. The highest BCUT2D eigenvalue weighted by Crippen LogP contribution is 2.40. The van der Waals surface area contributed by atoms with E-state index in [4.69, 9.17) is 9.97 Å². The molecule has 0 aliphatic carbocycles. The molecule has 0 aliphatic rings. The Morgan fingerprint density at radius 3 is 2.50 bits per heavy atom. The van der Waals surface area contributed by atoms with Crippen LogP contribution in [0.15, 0.2) is 85.3 Å². The number of H-pyrrole nitrogens is 1. The smallest absolute Gasteiger partial charge is 0.147 e. The second-order valence-electron chi connectivity index (χ2n) is 9.57. The van der Waals surface area contributed by atoms with Crippen LogP contribution in [0.3, 0.4) is 0 Å². The number of aromatic nitrogens is 5. The summed E-state index contributed by atoms with van der Waals surface area (Å²) in [6, 6.07) is 23.7. The highest BCUT2D eigenvalue weighted by molar-refractivity contribution is 6.26. The van der Waals surface area contributed by atoms with E-state index in [0.717, 1.165) is 49.5 Å². The molecule has 1 N–H and O–H groups in total. The molecule has 5 nitrogen and oxygen atoms in total. The standard InChI is InChI=1S/C31H21N5/c1-17-6-3-4-7-19(17)23-15-26-24(14-18(23)2)20-9-10-22-28(29(20)34-26)21-8-5-12-33-30(21)36-27-16-32-13-11-25(27)35-31(22)36/h3-16,34H,1-2H3. The van der Waals surface area contributed by atoms with Gasteiger partial charge in [-0.05, 0) is 72.5 Å². The van der Waals surface area contributed by atoms with Gasteiger partial charge in [0.1, 0.15) is 11.3 Å². The molecule has 8 aromatic rings. The molecule has 8 rings (SSSR count). The van der Waals surface area contributed by atoms with Crippen molar-refractivity contribution in [3.63, 3.8) is 0 Å². The molecular weight excluding hydrogens is 442 g/mol. The number of hydrogen-bond acceptors (Lipinski definition) is 3. The molecule has 170 valence electrons. The molecule has 0 atom stereocenters. The molecule has 0 saturated heterocycles. The molecule has 0 saturated carbocycles. The van der Waals surface area contributed by atoms with Gasteiger partial charge in [0.25, 0.3) is 0 Å². The van der Waals surface area contributed by atoms with E-state index in [2.05, 4.69) is 82.8 Å². The summed E-state index contributed by atoms with van der Waals surface area (Å²) in [6.45, 7) is 4.38. The van der Waals surface area contributed by atoms with E-state index < -0.39 is 0 Å². The predicted molar refractivity (Wildman–Crippen MR) is 148 cm³/mol. The Bertz CT molecular complexity index is 2180. The van der Waals surface area contributed by atoms with E-state index >= 15 is 0 Å². The highest BCUT2D eigenvalue weighted by Gasteiger charge is 2.18. The van der Waals surface area contributed by atoms with Gasteiger partial charge in [0.15, 0.2) is 0 Å². The van der Waals surface area contributed by atoms with Crippen LogP contribution >= 0.6 is 0 Å². The second kappa shape index (κ2) is 6.89. The number of rotatable bonds is 1. The number of hydrogen-bond donors (Lipinski definition) is 1. The summed E-state index contributed by atoms with van der Waals surface area (Å²) in [7, 11) is 0. The maximum atomic E-state index is 5.00. The molecule has 0 unspecified atom stereocenters. The molecular formula is C31H21N5. The number of aryl methyl sites for hydroxylation is 2. The van der Waals surface area contributed by atoms with Crippen molar-refractivity contribution >= 4 is 60.3 Å². The molecule has 0 radical (unpaired) electrons. The molecule has 0 fully saturated rings. The van der Waals surface area contributed by atoms with Gasteiger partial charge in [0.05, 0.1) is 22.7 Å². The maximum absolute atomic E-state index is 5.00. The van der Waals surface area contributed by atoms with Gasteiger partial charge in [-0.15, -0.1) is 0 Å². The zero-order chi connectivity index (χ0) is 24.0. The molecule has 5 aromatic heterocycles. The van der Waals surface area contributed by atoms with Gasteiger partial charge in [0.2, 0.25) is 0 Å². The number of nitrogens with one attached hydrogen (secondary N) is 1. The first-order chi connectivity index (χ1) is 17.7. The topological polar surface area (TPSA) is 58.9 Å². The van der Waals surface area contributed by atoms with E-state index in [1.165, 1.54) is 33.0 Å². The summed E-state index contributed by atoms with van der Waals surface area (Å²) in [5.41, 5.74) is 11.0. The Morgan fingerprint density at radius 2 is 1.58 bits per heavy atom. The number of fused-ring (bicyclic) bond motifs is 12. The summed E-state index contributed by atoms with van der Waals surface area (Å²) >= 11 is 0. The van der Waals surface area contributed by atoms with Gasteiger partial charge in [-0.3, -0.25) is 9.38 Å². The Morgan fingerprint density at radius 1 is 0.722 bits per heavy atom. The minimum atomic E-state index is 0.887. The first kappa shape index (κ1) is 19.5. The molecule has 5 heterocycles. The van der Waals surface area contributed by atoms with Crippen molar-refractivity contribution in [3.05, 3.63) is 96.4 Å². The summed E-state index contributed by atoms with van der Waals surface area (Å²) in [4.78, 5) is 17.9. The van der Waals surface area contributed by atoms with E-state index in [-0.39, 0.29) is 0 Å². The lowest BCUT2D eigenvalue weighted by molar-refractivity contribution is 1.22. The minimum Gasteiger partial charge on any atom is -0.354 e. The first-order valence-electron chi connectivity index (χ1n) is 12.1. The van der Waals surface area contributed by atoms with Crippen LogP contribution in [0.2, 0.25) is 0 Å². The van der Waals surface area contributed by atoms with Gasteiger partial charge in [-0.25, -0.2) is 9.97 Å². The molecule has 0 amide bonds. The van der Waals surface area contributed by atoms with Crippen LogP contribution < -0.4 is 0 Å². The summed E-state index contributed by atoms with van der Waals surface area (Å²) in [6.07, 6.45) is 5.50. The Kier molecular flexibility index (Phi) is 3.74. The summed E-state index contributed by atoms with van der Waals surface area (Å²) in [5, 5.41) is 5.79. The van der Waals surface area contributed by atoms with Crippen molar-refractivity contribution < 1.29 is 0 Å². The SMILES string of the molecule is Cc1ccccc1-c1cc2[nH]c3c(ccc4c3c3cccnc3n3c5cnccc5nc43)c2cc1C. The van der Waals surface area contributed by atoms with Crippen LogP contribution in [-0.4, -0.2) is 24.3 Å². The van der Waals surface area contributed by atoms with Crippen molar-refractivity contribution in [1.29, 1.82) is 0 Å². The van der Waals surface area contributed by atoms with Crippen molar-refractivity contribution in [2.24, 2.45) is 0 Å². The van der Waals surface area contributed by atoms with Crippen molar-refractivity contribution in [3.8, 4) is 11.1 Å². The number of pyridine rings is 3.